The number of benzene rings is 2. The lowest BCUT2D eigenvalue weighted by molar-refractivity contribution is -0.115. The van der Waals surface area contributed by atoms with Gasteiger partial charge in [-0.05, 0) is 74.0 Å². The van der Waals surface area contributed by atoms with Crippen LogP contribution in [0.1, 0.15) is 35.7 Å². The molecule has 1 aliphatic rings. The molecule has 0 aliphatic carbocycles. The van der Waals surface area contributed by atoms with Crippen molar-refractivity contribution < 1.29 is 19.1 Å². The van der Waals surface area contributed by atoms with Crippen molar-refractivity contribution in [2.24, 2.45) is 0 Å². The van der Waals surface area contributed by atoms with Crippen molar-refractivity contribution in [2.75, 3.05) is 25.1 Å². The molecule has 2 aromatic carbocycles. The van der Waals surface area contributed by atoms with Gasteiger partial charge in [-0.25, -0.2) is 0 Å². The Morgan fingerprint density at radius 1 is 1.22 bits per heavy atom. The minimum Gasteiger partial charge on any atom is -0.494 e. The second kappa shape index (κ2) is 12.0. The SMILES string of the molecule is CCOc1ccc(/C=C/C(=O)NC(=S)Nc2cccc(C(=O)NCC3CCCO3)c2)cc1. The molecule has 0 saturated carbocycles. The van der Waals surface area contributed by atoms with Crippen LogP contribution in [0.4, 0.5) is 5.69 Å². The van der Waals surface area contributed by atoms with E-state index in [-0.39, 0.29) is 23.0 Å². The van der Waals surface area contributed by atoms with E-state index in [1.165, 1.54) is 6.08 Å². The van der Waals surface area contributed by atoms with Crippen molar-refractivity contribution in [2.45, 2.75) is 25.9 Å². The standard InChI is InChI=1S/C24H27N3O4S/c1-2-30-20-11-8-17(9-12-20)10-13-22(28)27-24(32)26-19-6-3-5-18(15-19)23(29)25-16-21-7-4-14-31-21/h3,5-6,8-13,15,21H,2,4,7,14,16H2,1H3,(H,25,29)(H2,26,27,28,32)/b13-10+. The van der Waals surface area contributed by atoms with Crippen molar-refractivity contribution in [3.05, 3.63) is 65.7 Å². The Kier molecular flexibility index (Phi) is 8.77. The molecule has 32 heavy (non-hydrogen) atoms. The predicted octanol–water partition coefficient (Wildman–Crippen LogP) is 3.52. The number of carbonyl (C=O) groups excluding carboxylic acids is 2. The number of hydrogen-bond donors (Lipinski definition) is 3. The molecule has 7 nitrogen and oxygen atoms in total. The number of rotatable bonds is 8. The molecule has 1 unspecified atom stereocenters. The molecule has 1 aliphatic heterocycles. The molecule has 3 rings (SSSR count). The smallest absolute Gasteiger partial charge is 0.251 e. The van der Waals surface area contributed by atoms with Crippen LogP contribution in [0.2, 0.25) is 0 Å². The molecule has 1 heterocycles. The molecular weight excluding hydrogens is 426 g/mol. The zero-order valence-corrected chi connectivity index (χ0v) is 18.7. The lowest BCUT2D eigenvalue weighted by Crippen LogP contribution is -2.33. The van der Waals surface area contributed by atoms with Gasteiger partial charge in [-0.3, -0.25) is 14.9 Å². The van der Waals surface area contributed by atoms with Crippen molar-refractivity contribution in [3.8, 4) is 5.75 Å². The third-order valence-corrected chi connectivity index (χ3v) is 4.96. The molecule has 1 fully saturated rings. The van der Waals surface area contributed by atoms with Gasteiger partial charge < -0.3 is 20.1 Å². The zero-order valence-electron chi connectivity index (χ0n) is 17.9. The van der Waals surface area contributed by atoms with E-state index in [0.717, 1.165) is 30.8 Å². The Morgan fingerprint density at radius 3 is 2.75 bits per heavy atom. The van der Waals surface area contributed by atoms with Gasteiger partial charge in [-0.15, -0.1) is 0 Å². The summed E-state index contributed by atoms with van der Waals surface area (Å²) in [5.74, 6) is 0.237. The molecule has 0 radical (unpaired) electrons. The van der Waals surface area contributed by atoms with Crippen molar-refractivity contribution in [1.82, 2.24) is 10.6 Å². The van der Waals surface area contributed by atoms with Crippen LogP contribution >= 0.6 is 12.2 Å². The number of hydrogen-bond acceptors (Lipinski definition) is 5. The Labute approximate surface area is 193 Å². The van der Waals surface area contributed by atoms with E-state index in [1.54, 1.807) is 30.3 Å². The summed E-state index contributed by atoms with van der Waals surface area (Å²) in [6, 6.07) is 14.3. The molecule has 0 aromatic heterocycles. The molecule has 1 atom stereocenters. The van der Waals surface area contributed by atoms with Crippen molar-refractivity contribution in [1.29, 1.82) is 0 Å². The maximum Gasteiger partial charge on any atom is 0.251 e. The van der Waals surface area contributed by atoms with Gasteiger partial charge in [-0.2, -0.15) is 0 Å². The summed E-state index contributed by atoms with van der Waals surface area (Å²) in [5, 5.41) is 8.55. The second-order valence-electron chi connectivity index (χ2n) is 7.20. The normalized spacial score (nSPS) is 15.3. The van der Waals surface area contributed by atoms with Crippen LogP contribution in [0.5, 0.6) is 5.75 Å². The number of nitrogens with one attached hydrogen (secondary N) is 3. The molecule has 8 heteroatoms. The highest BCUT2D eigenvalue weighted by molar-refractivity contribution is 7.80. The second-order valence-corrected chi connectivity index (χ2v) is 7.61. The van der Waals surface area contributed by atoms with Gasteiger partial charge in [0.25, 0.3) is 5.91 Å². The highest BCUT2D eigenvalue weighted by atomic mass is 32.1. The van der Waals surface area contributed by atoms with E-state index >= 15 is 0 Å². The third kappa shape index (κ3) is 7.47. The Bertz CT molecular complexity index is 969. The van der Waals surface area contributed by atoms with Gasteiger partial charge in [-0.1, -0.05) is 18.2 Å². The van der Waals surface area contributed by atoms with E-state index in [2.05, 4.69) is 16.0 Å². The van der Waals surface area contributed by atoms with Crippen LogP contribution in [0, 0.1) is 0 Å². The molecule has 3 N–H and O–H groups in total. The minimum atomic E-state index is -0.359. The van der Waals surface area contributed by atoms with Gasteiger partial charge in [0.05, 0.1) is 12.7 Å². The third-order valence-electron chi connectivity index (χ3n) is 4.75. The van der Waals surface area contributed by atoms with E-state index in [9.17, 15) is 9.59 Å². The Morgan fingerprint density at radius 2 is 2.03 bits per heavy atom. The fourth-order valence-corrected chi connectivity index (χ4v) is 3.40. The first-order chi connectivity index (χ1) is 15.5. The topological polar surface area (TPSA) is 88.7 Å². The monoisotopic (exact) mass is 453 g/mol. The summed E-state index contributed by atoms with van der Waals surface area (Å²) in [4.78, 5) is 24.5. The summed E-state index contributed by atoms with van der Waals surface area (Å²) < 4.78 is 10.9. The highest BCUT2D eigenvalue weighted by Gasteiger charge is 2.16. The molecule has 2 amide bonds. The van der Waals surface area contributed by atoms with Gasteiger partial charge in [0.15, 0.2) is 5.11 Å². The van der Waals surface area contributed by atoms with Crippen LogP contribution in [0.25, 0.3) is 6.08 Å². The molecule has 0 bridgehead atoms. The van der Waals surface area contributed by atoms with Gasteiger partial charge in [0.2, 0.25) is 5.91 Å². The van der Waals surface area contributed by atoms with Crippen LogP contribution in [-0.4, -0.2) is 42.8 Å². The molecule has 2 aromatic rings. The first kappa shape index (κ1) is 23.4. The van der Waals surface area contributed by atoms with Gasteiger partial charge in [0, 0.05) is 30.5 Å². The van der Waals surface area contributed by atoms with Crippen molar-refractivity contribution >= 4 is 40.9 Å². The van der Waals surface area contributed by atoms with E-state index < -0.39 is 0 Å². The largest absolute Gasteiger partial charge is 0.494 e. The molecule has 168 valence electrons. The average Bonchev–Trinajstić information content (AvgIpc) is 3.31. The molecular formula is C24H27N3O4S. The molecule has 1 saturated heterocycles. The first-order valence-electron chi connectivity index (χ1n) is 10.6. The average molecular weight is 454 g/mol. The number of carbonyl (C=O) groups is 2. The first-order valence-corrected chi connectivity index (χ1v) is 11.0. The Hall–Kier alpha value is -3.23. The summed E-state index contributed by atoms with van der Waals surface area (Å²) in [7, 11) is 0. The summed E-state index contributed by atoms with van der Waals surface area (Å²) in [5.41, 5.74) is 1.97. The quantitative estimate of drug-likeness (QED) is 0.419. The van der Waals surface area contributed by atoms with Gasteiger partial charge >= 0.3 is 0 Å². The lowest BCUT2D eigenvalue weighted by atomic mass is 10.1. The maximum absolute atomic E-state index is 12.4. The highest BCUT2D eigenvalue weighted by Crippen LogP contribution is 2.14. The Balaban J connectivity index is 1.47. The lowest BCUT2D eigenvalue weighted by Gasteiger charge is -2.12. The fourth-order valence-electron chi connectivity index (χ4n) is 3.18. The number of amides is 2. The maximum atomic E-state index is 12.4. The number of ether oxygens (including phenoxy) is 2. The summed E-state index contributed by atoms with van der Waals surface area (Å²) in [6.45, 7) is 3.77. The van der Waals surface area contributed by atoms with Crippen LogP contribution in [0.3, 0.4) is 0 Å². The van der Waals surface area contributed by atoms with E-state index in [4.69, 9.17) is 21.7 Å². The van der Waals surface area contributed by atoms with E-state index in [0.29, 0.717) is 24.4 Å². The fraction of sp³-hybridized carbons (Fsp3) is 0.292. The van der Waals surface area contributed by atoms with E-state index in [1.807, 2.05) is 31.2 Å². The van der Waals surface area contributed by atoms with Crippen LogP contribution < -0.4 is 20.7 Å². The number of thiocarbonyl (C=S) groups is 1. The molecule has 0 spiro atoms. The van der Waals surface area contributed by atoms with Crippen molar-refractivity contribution in [3.63, 3.8) is 0 Å². The zero-order chi connectivity index (χ0) is 22.8. The summed E-state index contributed by atoms with van der Waals surface area (Å²) in [6.07, 6.45) is 5.16. The predicted molar refractivity (Wildman–Crippen MR) is 129 cm³/mol. The van der Waals surface area contributed by atoms with Crippen LogP contribution in [-0.2, 0) is 9.53 Å². The van der Waals surface area contributed by atoms with Gasteiger partial charge in [0.1, 0.15) is 5.75 Å². The minimum absolute atomic E-state index is 0.0821. The number of anilines is 1. The summed E-state index contributed by atoms with van der Waals surface area (Å²) >= 11 is 5.21. The van der Waals surface area contributed by atoms with Crippen LogP contribution in [0.15, 0.2) is 54.6 Å².